The van der Waals surface area contributed by atoms with E-state index >= 15 is 0 Å². The van der Waals surface area contributed by atoms with Crippen LogP contribution in [0.3, 0.4) is 0 Å². The van der Waals surface area contributed by atoms with Crippen LogP contribution in [0.4, 0.5) is 4.39 Å². The molecule has 0 radical (unpaired) electrons. The number of likely N-dealkylation sites (tertiary alicyclic amines) is 1. The average molecular weight is 305 g/mol. The van der Waals surface area contributed by atoms with E-state index in [1.165, 1.54) is 12.1 Å². The van der Waals surface area contributed by atoms with Crippen molar-refractivity contribution >= 4 is 11.9 Å². The van der Waals surface area contributed by atoms with Gasteiger partial charge in [-0.05, 0) is 49.8 Å². The molecule has 5 heteroatoms. The van der Waals surface area contributed by atoms with E-state index in [0.717, 1.165) is 18.4 Å². The van der Waals surface area contributed by atoms with Gasteiger partial charge in [-0.25, -0.2) is 4.39 Å². The molecule has 1 N–H and O–H groups in total. The minimum atomic E-state index is -0.807. The van der Waals surface area contributed by atoms with E-state index in [0.29, 0.717) is 25.8 Å². The number of halogens is 1. The summed E-state index contributed by atoms with van der Waals surface area (Å²) in [4.78, 5) is 25.6. The predicted octanol–water partition coefficient (Wildman–Crippen LogP) is 2.99. The fourth-order valence-electron chi connectivity index (χ4n) is 3.76. The summed E-state index contributed by atoms with van der Waals surface area (Å²) in [6, 6.07) is 6.34. The lowest BCUT2D eigenvalue weighted by Gasteiger charge is -2.28. The molecular formula is C17H20FNO3. The Morgan fingerprint density at radius 1 is 1.18 bits per heavy atom. The third kappa shape index (κ3) is 2.85. The number of hydrogen-bond donors (Lipinski definition) is 1. The molecule has 1 unspecified atom stereocenters. The molecule has 1 aliphatic heterocycles. The molecule has 1 saturated carbocycles. The lowest BCUT2D eigenvalue weighted by atomic mass is 10.0. The molecule has 3 atom stereocenters. The Kier molecular flexibility index (Phi) is 4.14. The standard InChI is InChI=1S/C17H20FNO3/c18-14-4-1-3-11(10-14)15-5-2-8-19(15)16(20)12-6-7-13(9-12)17(21)22/h1,3-4,10,12-13,15H,2,5-9H2,(H,21,22)/t12-,13+,15?/m0/s1. The highest BCUT2D eigenvalue weighted by Gasteiger charge is 2.39. The largest absolute Gasteiger partial charge is 0.481 e. The number of aliphatic carboxylic acids is 1. The third-order valence-electron chi connectivity index (χ3n) is 4.90. The van der Waals surface area contributed by atoms with Gasteiger partial charge in [0.25, 0.3) is 0 Å². The molecule has 4 nitrogen and oxygen atoms in total. The van der Waals surface area contributed by atoms with Gasteiger partial charge < -0.3 is 10.0 Å². The lowest BCUT2D eigenvalue weighted by Crippen LogP contribution is -2.35. The molecule has 0 spiro atoms. The number of carboxylic acids is 1. The van der Waals surface area contributed by atoms with Crippen LogP contribution in [0.25, 0.3) is 0 Å². The maximum Gasteiger partial charge on any atom is 0.306 e. The second-order valence-electron chi connectivity index (χ2n) is 6.29. The fourth-order valence-corrected chi connectivity index (χ4v) is 3.76. The van der Waals surface area contributed by atoms with Crippen molar-refractivity contribution in [2.24, 2.45) is 11.8 Å². The molecule has 1 aromatic rings. The van der Waals surface area contributed by atoms with Gasteiger partial charge in [-0.15, -0.1) is 0 Å². The average Bonchev–Trinajstić information content (AvgIpc) is 3.16. The Morgan fingerprint density at radius 2 is 1.95 bits per heavy atom. The SMILES string of the molecule is O=C(O)[C@@H]1CC[C@H](C(=O)N2CCCC2c2cccc(F)c2)C1. The molecular weight excluding hydrogens is 285 g/mol. The van der Waals surface area contributed by atoms with Crippen LogP contribution in [0.15, 0.2) is 24.3 Å². The van der Waals surface area contributed by atoms with E-state index in [-0.39, 0.29) is 23.7 Å². The van der Waals surface area contributed by atoms with Gasteiger partial charge in [0.1, 0.15) is 5.82 Å². The minimum Gasteiger partial charge on any atom is -0.481 e. The topological polar surface area (TPSA) is 57.6 Å². The van der Waals surface area contributed by atoms with Gasteiger partial charge in [-0.2, -0.15) is 0 Å². The Balaban J connectivity index is 1.73. The zero-order chi connectivity index (χ0) is 15.7. The van der Waals surface area contributed by atoms with Gasteiger partial charge in [-0.3, -0.25) is 9.59 Å². The van der Waals surface area contributed by atoms with Crippen molar-refractivity contribution in [3.63, 3.8) is 0 Å². The summed E-state index contributed by atoms with van der Waals surface area (Å²) in [5, 5.41) is 9.07. The summed E-state index contributed by atoms with van der Waals surface area (Å²) in [5.74, 6) is -1.66. The molecule has 0 aromatic heterocycles. The Bertz CT molecular complexity index is 589. The van der Waals surface area contributed by atoms with Crippen molar-refractivity contribution in [3.05, 3.63) is 35.6 Å². The number of carbonyl (C=O) groups excluding carboxylic acids is 1. The van der Waals surface area contributed by atoms with Crippen molar-refractivity contribution in [3.8, 4) is 0 Å². The highest BCUT2D eigenvalue weighted by atomic mass is 19.1. The van der Waals surface area contributed by atoms with E-state index in [4.69, 9.17) is 5.11 Å². The number of rotatable bonds is 3. The molecule has 22 heavy (non-hydrogen) atoms. The summed E-state index contributed by atoms with van der Waals surface area (Å²) in [6.07, 6.45) is 3.39. The smallest absolute Gasteiger partial charge is 0.306 e. The number of carbonyl (C=O) groups is 2. The number of hydrogen-bond acceptors (Lipinski definition) is 2. The van der Waals surface area contributed by atoms with Crippen LogP contribution >= 0.6 is 0 Å². The first-order valence-corrected chi connectivity index (χ1v) is 7.85. The molecule has 1 amide bonds. The molecule has 118 valence electrons. The van der Waals surface area contributed by atoms with Gasteiger partial charge in [0.05, 0.1) is 12.0 Å². The van der Waals surface area contributed by atoms with E-state index in [1.807, 2.05) is 11.0 Å². The van der Waals surface area contributed by atoms with Crippen molar-refractivity contribution in [2.75, 3.05) is 6.54 Å². The van der Waals surface area contributed by atoms with Gasteiger partial charge in [0.15, 0.2) is 0 Å². The van der Waals surface area contributed by atoms with Crippen LogP contribution < -0.4 is 0 Å². The van der Waals surface area contributed by atoms with Gasteiger partial charge >= 0.3 is 5.97 Å². The van der Waals surface area contributed by atoms with E-state index in [9.17, 15) is 14.0 Å². The molecule has 1 aliphatic carbocycles. The van der Waals surface area contributed by atoms with Crippen LogP contribution in [0.1, 0.15) is 43.7 Å². The van der Waals surface area contributed by atoms with Crippen LogP contribution in [0.5, 0.6) is 0 Å². The second-order valence-corrected chi connectivity index (χ2v) is 6.29. The van der Waals surface area contributed by atoms with E-state index in [2.05, 4.69) is 0 Å². The lowest BCUT2D eigenvalue weighted by molar-refractivity contribution is -0.141. The molecule has 2 fully saturated rings. The second kappa shape index (κ2) is 6.07. The zero-order valence-electron chi connectivity index (χ0n) is 12.4. The number of benzene rings is 1. The number of carboxylic acid groups (broad SMARTS) is 1. The summed E-state index contributed by atoms with van der Waals surface area (Å²) in [5.41, 5.74) is 0.832. The minimum absolute atomic E-state index is 0.0375. The maximum atomic E-state index is 13.4. The van der Waals surface area contributed by atoms with E-state index < -0.39 is 11.9 Å². The maximum absolute atomic E-state index is 13.4. The van der Waals surface area contributed by atoms with Crippen LogP contribution in [0.2, 0.25) is 0 Å². The predicted molar refractivity (Wildman–Crippen MR) is 78.6 cm³/mol. The van der Waals surface area contributed by atoms with Gasteiger partial charge in [0, 0.05) is 12.5 Å². The summed E-state index contributed by atoms with van der Waals surface area (Å²) >= 11 is 0. The Hall–Kier alpha value is -1.91. The van der Waals surface area contributed by atoms with Crippen LogP contribution in [-0.4, -0.2) is 28.4 Å². The van der Waals surface area contributed by atoms with Crippen molar-refractivity contribution < 1.29 is 19.1 Å². The molecule has 1 heterocycles. The highest BCUT2D eigenvalue weighted by molar-refractivity contribution is 5.81. The van der Waals surface area contributed by atoms with E-state index in [1.54, 1.807) is 6.07 Å². The fraction of sp³-hybridized carbons (Fsp3) is 0.529. The highest BCUT2D eigenvalue weighted by Crippen LogP contribution is 2.38. The first-order valence-electron chi connectivity index (χ1n) is 7.85. The monoisotopic (exact) mass is 305 g/mol. The van der Waals surface area contributed by atoms with Gasteiger partial charge in [-0.1, -0.05) is 12.1 Å². The normalized spacial score (nSPS) is 28.0. The summed E-state index contributed by atoms with van der Waals surface area (Å²) < 4.78 is 13.4. The zero-order valence-corrected chi connectivity index (χ0v) is 12.4. The van der Waals surface area contributed by atoms with Crippen molar-refractivity contribution in [2.45, 2.75) is 38.1 Å². The Labute approximate surface area is 128 Å². The first-order chi connectivity index (χ1) is 10.6. The molecule has 1 saturated heterocycles. The van der Waals surface area contributed by atoms with Gasteiger partial charge in [0.2, 0.25) is 5.91 Å². The number of amides is 1. The van der Waals surface area contributed by atoms with Crippen LogP contribution in [-0.2, 0) is 9.59 Å². The molecule has 1 aromatic carbocycles. The quantitative estimate of drug-likeness (QED) is 0.934. The van der Waals surface area contributed by atoms with Crippen LogP contribution in [0, 0.1) is 17.7 Å². The third-order valence-corrected chi connectivity index (χ3v) is 4.90. The Morgan fingerprint density at radius 3 is 2.64 bits per heavy atom. The number of nitrogens with zero attached hydrogens (tertiary/aromatic N) is 1. The first kappa shape index (κ1) is 15.0. The molecule has 0 bridgehead atoms. The summed E-state index contributed by atoms with van der Waals surface area (Å²) in [6.45, 7) is 0.675. The van der Waals surface area contributed by atoms with Crippen molar-refractivity contribution in [1.82, 2.24) is 4.90 Å². The van der Waals surface area contributed by atoms with Crippen molar-refractivity contribution in [1.29, 1.82) is 0 Å². The molecule has 3 rings (SSSR count). The summed E-state index contributed by atoms with van der Waals surface area (Å²) in [7, 11) is 0. The molecule has 2 aliphatic rings.